The van der Waals surface area contributed by atoms with Crippen molar-refractivity contribution in [3.63, 3.8) is 0 Å². The molecule has 1 aromatic carbocycles. The van der Waals surface area contributed by atoms with Gasteiger partial charge in [0.05, 0.1) is 32.0 Å². The normalized spacial score (nSPS) is 10.7. The van der Waals surface area contributed by atoms with Crippen molar-refractivity contribution in [3.05, 3.63) is 44.2 Å². The van der Waals surface area contributed by atoms with Crippen LogP contribution in [0.1, 0.15) is 21.7 Å². The molecule has 0 spiro atoms. The minimum absolute atomic E-state index is 0.0300. The number of carbonyl (C=O) groups excluding carboxylic acids is 1. The van der Waals surface area contributed by atoms with E-state index in [-0.39, 0.29) is 22.2 Å². The predicted molar refractivity (Wildman–Crippen MR) is 82.9 cm³/mol. The standard InChI is InChI=1S/C13H12Cl3N3O2/c1-6-11(15)10(19(2)18-6)5-21-13(20)8-3-7(17)4-9(14)12(8)16/h3-4H,5,17H2,1-2H3. The van der Waals surface area contributed by atoms with Gasteiger partial charge in [0.25, 0.3) is 0 Å². The summed E-state index contributed by atoms with van der Waals surface area (Å²) >= 11 is 17.9. The van der Waals surface area contributed by atoms with Crippen LogP contribution in [0, 0.1) is 6.92 Å². The molecular formula is C13H12Cl3N3O2. The number of aryl methyl sites for hydroxylation is 2. The lowest BCUT2D eigenvalue weighted by atomic mass is 10.2. The Bertz CT molecular complexity index is 713. The van der Waals surface area contributed by atoms with Gasteiger partial charge in [0.15, 0.2) is 0 Å². The zero-order valence-electron chi connectivity index (χ0n) is 11.3. The number of benzene rings is 1. The average molecular weight is 349 g/mol. The third-order valence-electron chi connectivity index (χ3n) is 2.87. The van der Waals surface area contributed by atoms with Gasteiger partial charge in [-0.3, -0.25) is 4.68 Å². The van der Waals surface area contributed by atoms with Gasteiger partial charge < -0.3 is 10.5 Å². The molecule has 0 aliphatic carbocycles. The number of hydrogen-bond donors (Lipinski definition) is 1. The quantitative estimate of drug-likeness (QED) is 0.679. The molecule has 112 valence electrons. The molecule has 8 heteroatoms. The molecule has 1 heterocycles. The van der Waals surface area contributed by atoms with Crippen LogP contribution >= 0.6 is 34.8 Å². The molecule has 0 amide bonds. The highest BCUT2D eigenvalue weighted by Gasteiger charge is 2.18. The van der Waals surface area contributed by atoms with Gasteiger partial charge in [-0.25, -0.2) is 4.79 Å². The Hall–Kier alpha value is -1.43. The van der Waals surface area contributed by atoms with Crippen molar-refractivity contribution in [1.29, 1.82) is 0 Å². The third-order valence-corrected chi connectivity index (χ3v) is 4.17. The molecule has 0 unspecified atom stereocenters. The molecule has 0 saturated heterocycles. The smallest absolute Gasteiger partial charge is 0.340 e. The van der Waals surface area contributed by atoms with Crippen LogP contribution in [-0.2, 0) is 18.4 Å². The molecule has 0 aliphatic heterocycles. The monoisotopic (exact) mass is 347 g/mol. The van der Waals surface area contributed by atoms with Crippen LogP contribution in [0.5, 0.6) is 0 Å². The highest BCUT2D eigenvalue weighted by molar-refractivity contribution is 6.44. The Kier molecular flexibility index (Phi) is 4.66. The van der Waals surface area contributed by atoms with Crippen molar-refractivity contribution in [2.45, 2.75) is 13.5 Å². The zero-order valence-corrected chi connectivity index (χ0v) is 13.6. The number of ether oxygens (including phenoxy) is 1. The Balaban J connectivity index is 2.19. The summed E-state index contributed by atoms with van der Waals surface area (Å²) in [5.41, 5.74) is 7.33. The molecule has 0 atom stereocenters. The topological polar surface area (TPSA) is 70.1 Å². The van der Waals surface area contributed by atoms with Crippen molar-refractivity contribution in [3.8, 4) is 0 Å². The maximum absolute atomic E-state index is 12.1. The molecule has 0 radical (unpaired) electrons. The maximum atomic E-state index is 12.1. The Morgan fingerprint density at radius 1 is 1.33 bits per heavy atom. The van der Waals surface area contributed by atoms with Gasteiger partial charge in [-0.1, -0.05) is 34.8 Å². The third kappa shape index (κ3) is 3.26. The number of nitrogens with zero attached hydrogens (tertiary/aromatic N) is 2. The first-order chi connectivity index (χ1) is 9.81. The second-order valence-corrected chi connectivity index (χ2v) is 5.57. The summed E-state index contributed by atoms with van der Waals surface area (Å²) in [6.07, 6.45) is 0. The lowest BCUT2D eigenvalue weighted by Crippen LogP contribution is -2.09. The van der Waals surface area contributed by atoms with Gasteiger partial charge in [-0.15, -0.1) is 0 Å². The number of rotatable bonds is 3. The van der Waals surface area contributed by atoms with Crippen LogP contribution in [-0.4, -0.2) is 15.7 Å². The molecule has 1 aromatic heterocycles. The van der Waals surface area contributed by atoms with E-state index in [0.717, 1.165) is 0 Å². The molecule has 2 N–H and O–H groups in total. The second kappa shape index (κ2) is 6.13. The fraction of sp³-hybridized carbons (Fsp3) is 0.231. The SMILES string of the molecule is Cc1nn(C)c(COC(=O)c2cc(N)cc(Cl)c2Cl)c1Cl. The fourth-order valence-corrected chi connectivity index (χ4v) is 2.44. The summed E-state index contributed by atoms with van der Waals surface area (Å²) in [6.45, 7) is 1.74. The number of esters is 1. The molecule has 2 rings (SSSR count). The number of halogens is 3. The van der Waals surface area contributed by atoms with Crippen LogP contribution in [0.2, 0.25) is 15.1 Å². The van der Waals surface area contributed by atoms with Crippen LogP contribution < -0.4 is 5.73 Å². The van der Waals surface area contributed by atoms with Crippen LogP contribution in [0.4, 0.5) is 5.69 Å². The van der Waals surface area contributed by atoms with E-state index in [1.54, 1.807) is 18.7 Å². The molecule has 2 aromatic rings. The Morgan fingerprint density at radius 2 is 2.00 bits per heavy atom. The average Bonchev–Trinajstić information content (AvgIpc) is 2.65. The lowest BCUT2D eigenvalue weighted by Gasteiger charge is -2.09. The largest absolute Gasteiger partial charge is 0.455 e. The van der Waals surface area contributed by atoms with Gasteiger partial charge >= 0.3 is 5.97 Å². The van der Waals surface area contributed by atoms with Gasteiger partial charge in [-0.2, -0.15) is 5.10 Å². The molecule has 0 aliphatic rings. The van der Waals surface area contributed by atoms with Crippen LogP contribution in [0.15, 0.2) is 12.1 Å². The van der Waals surface area contributed by atoms with E-state index in [2.05, 4.69) is 5.10 Å². The van der Waals surface area contributed by atoms with Crippen molar-refractivity contribution in [1.82, 2.24) is 9.78 Å². The van der Waals surface area contributed by atoms with Gasteiger partial charge in [-0.05, 0) is 19.1 Å². The van der Waals surface area contributed by atoms with E-state index in [9.17, 15) is 4.79 Å². The molecule has 0 bridgehead atoms. The van der Waals surface area contributed by atoms with E-state index in [4.69, 9.17) is 45.3 Å². The van der Waals surface area contributed by atoms with E-state index in [1.165, 1.54) is 12.1 Å². The summed E-state index contributed by atoms with van der Waals surface area (Å²) in [6, 6.07) is 2.87. The first-order valence-electron chi connectivity index (χ1n) is 5.91. The highest BCUT2D eigenvalue weighted by Crippen LogP contribution is 2.29. The number of anilines is 1. The fourth-order valence-electron chi connectivity index (χ4n) is 1.81. The number of nitrogens with two attached hydrogens (primary N) is 1. The van der Waals surface area contributed by atoms with Crippen molar-refractivity contribution < 1.29 is 9.53 Å². The summed E-state index contributed by atoms with van der Waals surface area (Å²) in [5, 5.41) is 4.89. The van der Waals surface area contributed by atoms with Gasteiger partial charge in [0, 0.05) is 12.7 Å². The number of nitrogen functional groups attached to an aromatic ring is 1. The Labute approximate surface area is 136 Å². The highest BCUT2D eigenvalue weighted by atomic mass is 35.5. The van der Waals surface area contributed by atoms with Crippen molar-refractivity contribution in [2.24, 2.45) is 7.05 Å². The van der Waals surface area contributed by atoms with E-state index in [1.807, 2.05) is 0 Å². The zero-order chi connectivity index (χ0) is 15.7. The van der Waals surface area contributed by atoms with E-state index >= 15 is 0 Å². The number of hydrogen-bond acceptors (Lipinski definition) is 4. The van der Waals surface area contributed by atoms with Gasteiger partial charge in [0.2, 0.25) is 0 Å². The van der Waals surface area contributed by atoms with Crippen LogP contribution in [0.3, 0.4) is 0 Å². The van der Waals surface area contributed by atoms with Crippen LogP contribution in [0.25, 0.3) is 0 Å². The molecule has 5 nitrogen and oxygen atoms in total. The van der Waals surface area contributed by atoms with Crippen molar-refractivity contribution in [2.75, 3.05) is 5.73 Å². The maximum Gasteiger partial charge on any atom is 0.340 e. The number of carbonyl (C=O) groups is 1. The first kappa shape index (κ1) is 15.9. The van der Waals surface area contributed by atoms with E-state index < -0.39 is 5.97 Å². The Morgan fingerprint density at radius 3 is 2.57 bits per heavy atom. The summed E-state index contributed by atoms with van der Waals surface area (Å²) in [7, 11) is 1.71. The summed E-state index contributed by atoms with van der Waals surface area (Å²) in [5.74, 6) is -0.635. The first-order valence-corrected chi connectivity index (χ1v) is 7.04. The molecule has 0 fully saturated rings. The molecule has 0 saturated carbocycles. The number of aromatic nitrogens is 2. The summed E-state index contributed by atoms with van der Waals surface area (Å²) in [4.78, 5) is 12.1. The van der Waals surface area contributed by atoms with Gasteiger partial charge in [0.1, 0.15) is 6.61 Å². The predicted octanol–water partition coefficient (Wildman–Crippen LogP) is 3.63. The minimum atomic E-state index is -0.635. The minimum Gasteiger partial charge on any atom is -0.455 e. The van der Waals surface area contributed by atoms with E-state index in [0.29, 0.717) is 22.1 Å². The molecule has 21 heavy (non-hydrogen) atoms. The second-order valence-electron chi connectivity index (χ2n) is 4.41. The van der Waals surface area contributed by atoms with Crippen molar-refractivity contribution >= 4 is 46.5 Å². The lowest BCUT2D eigenvalue weighted by molar-refractivity contribution is 0.0464. The summed E-state index contributed by atoms with van der Waals surface area (Å²) < 4.78 is 6.75. The molecular weight excluding hydrogens is 337 g/mol.